The molecule has 2 aromatic carbocycles. The van der Waals surface area contributed by atoms with E-state index in [9.17, 15) is 4.79 Å². The van der Waals surface area contributed by atoms with Crippen LogP contribution in [0.5, 0.6) is 0 Å². The van der Waals surface area contributed by atoms with E-state index in [2.05, 4.69) is 0 Å². The zero-order chi connectivity index (χ0) is 10.7. The minimum absolute atomic E-state index is 0. The molecule has 0 aliphatic carbocycles. The van der Waals surface area contributed by atoms with Crippen molar-refractivity contribution in [1.82, 2.24) is 0 Å². The second-order valence-corrected chi connectivity index (χ2v) is 3.28. The molecule has 0 saturated heterocycles. The molecule has 0 amide bonds. The smallest absolute Gasteiger partial charge is 0.195 e. The molecule has 0 atom stereocenters. The molecule has 0 unspecified atom stereocenters. The van der Waals surface area contributed by atoms with Crippen LogP contribution >= 0.6 is 0 Å². The second-order valence-electron chi connectivity index (χ2n) is 3.28. The van der Waals surface area contributed by atoms with Crippen LogP contribution in [-0.4, -0.2) is 43.5 Å². The van der Waals surface area contributed by atoms with Gasteiger partial charge in [-0.3, -0.25) is 4.79 Å². The number of rotatable bonds is 2. The Bertz CT molecular complexity index is 482. The second kappa shape index (κ2) is 6.04. The minimum atomic E-state index is -0.0336. The van der Waals surface area contributed by atoms with Crippen LogP contribution in [0.2, 0.25) is 0 Å². The first-order valence-electron chi connectivity index (χ1n) is 4.73. The van der Waals surface area contributed by atoms with Gasteiger partial charge in [0.15, 0.2) is 5.78 Å². The number of carbonyl (C=O) groups excluding carboxylic acids is 1. The molecule has 0 spiro atoms. The van der Waals surface area contributed by atoms with Crippen LogP contribution in [0, 0.1) is 0 Å². The Kier molecular flexibility index (Phi) is 5.00. The molecule has 2 radical (unpaired) electrons. The van der Waals surface area contributed by atoms with Crippen LogP contribution < -0.4 is 5.73 Å². The third-order valence-electron chi connectivity index (χ3n) is 2.24. The maximum atomic E-state index is 12.0. The van der Waals surface area contributed by atoms with Gasteiger partial charge in [0.1, 0.15) is 0 Å². The van der Waals surface area contributed by atoms with E-state index in [0.717, 1.165) is 0 Å². The predicted molar refractivity (Wildman–Crippen MR) is 66.5 cm³/mol. The fourth-order valence-corrected chi connectivity index (χ4v) is 1.45. The van der Waals surface area contributed by atoms with Crippen LogP contribution in [0.3, 0.4) is 0 Å². The summed E-state index contributed by atoms with van der Waals surface area (Å²) in [4.78, 5) is 12.0. The summed E-state index contributed by atoms with van der Waals surface area (Å²) in [6.07, 6.45) is 0. The van der Waals surface area contributed by atoms with Crippen molar-refractivity contribution in [3.8, 4) is 0 Å². The summed E-state index contributed by atoms with van der Waals surface area (Å²) in [6.45, 7) is 0. The Hall–Kier alpha value is -0.830. The topological polar surface area (TPSA) is 43.1 Å². The van der Waals surface area contributed by atoms with Crippen LogP contribution in [0.1, 0.15) is 15.9 Å². The van der Waals surface area contributed by atoms with Gasteiger partial charge in [-0.1, -0.05) is 42.5 Å². The van der Waals surface area contributed by atoms with E-state index in [-0.39, 0.29) is 43.5 Å². The first-order valence-corrected chi connectivity index (χ1v) is 4.73. The van der Waals surface area contributed by atoms with Crippen molar-refractivity contribution < 1.29 is 4.79 Å². The molecule has 76 valence electrons. The molecular weight excluding hydrogens is 226 g/mol. The molecule has 0 aliphatic heterocycles. The SMILES string of the molecule is Nc1ccccc1C(=O)c1ccccc1.[Ca]. The van der Waals surface area contributed by atoms with E-state index in [4.69, 9.17) is 5.73 Å². The summed E-state index contributed by atoms with van der Waals surface area (Å²) in [6, 6.07) is 16.2. The number of anilines is 1. The maximum Gasteiger partial charge on any atom is 0.195 e. The summed E-state index contributed by atoms with van der Waals surface area (Å²) in [5.41, 5.74) is 7.48. The number of carbonyl (C=O) groups is 1. The minimum Gasteiger partial charge on any atom is -0.398 e. The van der Waals surface area contributed by atoms with Gasteiger partial charge < -0.3 is 5.73 Å². The average Bonchev–Trinajstić information content (AvgIpc) is 2.30. The summed E-state index contributed by atoms with van der Waals surface area (Å²) in [7, 11) is 0. The van der Waals surface area contributed by atoms with Crippen LogP contribution in [0.15, 0.2) is 54.6 Å². The summed E-state index contributed by atoms with van der Waals surface area (Å²) in [5.74, 6) is -0.0336. The van der Waals surface area contributed by atoms with Gasteiger partial charge in [0.05, 0.1) is 0 Å². The van der Waals surface area contributed by atoms with E-state index in [1.54, 1.807) is 24.3 Å². The van der Waals surface area contributed by atoms with Gasteiger partial charge in [0.25, 0.3) is 0 Å². The fraction of sp³-hybridized carbons (Fsp3) is 0. The van der Waals surface area contributed by atoms with Crippen molar-refractivity contribution in [2.45, 2.75) is 0 Å². The van der Waals surface area contributed by atoms with Crippen molar-refractivity contribution in [3.05, 3.63) is 65.7 Å². The Morgan fingerprint density at radius 3 is 2.06 bits per heavy atom. The van der Waals surface area contributed by atoms with Gasteiger partial charge in [0.2, 0.25) is 0 Å². The van der Waals surface area contributed by atoms with Gasteiger partial charge in [-0.05, 0) is 12.1 Å². The Balaban J connectivity index is 0.00000128. The normalized spacial score (nSPS) is 9.25. The van der Waals surface area contributed by atoms with E-state index in [0.29, 0.717) is 16.8 Å². The standard InChI is InChI=1S/C13H11NO.Ca/c14-12-9-5-4-8-11(12)13(15)10-6-2-1-3-7-10;/h1-9H,14H2;. The summed E-state index contributed by atoms with van der Waals surface area (Å²) < 4.78 is 0. The number of para-hydroxylation sites is 1. The molecule has 0 aliphatic rings. The first kappa shape index (κ1) is 13.2. The maximum absolute atomic E-state index is 12.0. The molecule has 2 N–H and O–H groups in total. The van der Waals surface area contributed by atoms with Crippen LogP contribution in [0.25, 0.3) is 0 Å². The van der Waals surface area contributed by atoms with Crippen molar-refractivity contribution in [2.24, 2.45) is 0 Å². The predicted octanol–water partition coefficient (Wildman–Crippen LogP) is 2.12. The van der Waals surface area contributed by atoms with Crippen molar-refractivity contribution >= 4 is 49.2 Å². The van der Waals surface area contributed by atoms with Gasteiger partial charge >= 0.3 is 0 Å². The molecule has 2 rings (SSSR count). The number of nitrogen functional groups attached to an aromatic ring is 1. The van der Waals surface area contributed by atoms with E-state index >= 15 is 0 Å². The molecule has 0 fully saturated rings. The number of ketones is 1. The van der Waals surface area contributed by atoms with E-state index < -0.39 is 0 Å². The quantitative estimate of drug-likeness (QED) is 0.494. The number of hydrogen-bond donors (Lipinski definition) is 1. The van der Waals surface area contributed by atoms with Crippen LogP contribution in [0.4, 0.5) is 5.69 Å². The van der Waals surface area contributed by atoms with Crippen LogP contribution in [-0.2, 0) is 0 Å². The zero-order valence-corrected chi connectivity index (χ0v) is 11.1. The Morgan fingerprint density at radius 1 is 0.875 bits per heavy atom. The third-order valence-corrected chi connectivity index (χ3v) is 2.24. The zero-order valence-electron chi connectivity index (χ0n) is 8.89. The van der Waals surface area contributed by atoms with E-state index in [1.807, 2.05) is 30.3 Å². The molecule has 16 heavy (non-hydrogen) atoms. The molecule has 2 nitrogen and oxygen atoms in total. The van der Waals surface area contributed by atoms with Gasteiger partial charge in [-0.2, -0.15) is 0 Å². The molecule has 2 aromatic rings. The summed E-state index contributed by atoms with van der Waals surface area (Å²) >= 11 is 0. The number of benzene rings is 2. The van der Waals surface area contributed by atoms with Gasteiger partial charge in [-0.15, -0.1) is 0 Å². The van der Waals surface area contributed by atoms with Crippen molar-refractivity contribution in [3.63, 3.8) is 0 Å². The fourth-order valence-electron chi connectivity index (χ4n) is 1.45. The monoisotopic (exact) mass is 237 g/mol. The molecular formula is C13H11CaNO. The van der Waals surface area contributed by atoms with Gasteiger partial charge in [0, 0.05) is 54.6 Å². The largest absolute Gasteiger partial charge is 0.398 e. The Morgan fingerprint density at radius 2 is 1.44 bits per heavy atom. The Labute approximate surface area is 124 Å². The molecule has 3 heteroatoms. The first-order chi connectivity index (χ1) is 7.29. The average molecular weight is 237 g/mol. The summed E-state index contributed by atoms with van der Waals surface area (Å²) in [5, 5.41) is 0. The molecule has 0 bridgehead atoms. The van der Waals surface area contributed by atoms with E-state index in [1.165, 1.54) is 0 Å². The van der Waals surface area contributed by atoms with Crippen molar-refractivity contribution in [2.75, 3.05) is 5.73 Å². The molecule has 0 saturated carbocycles. The molecule has 0 aromatic heterocycles. The van der Waals surface area contributed by atoms with Crippen molar-refractivity contribution in [1.29, 1.82) is 0 Å². The van der Waals surface area contributed by atoms with Gasteiger partial charge in [-0.25, -0.2) is 0 Å². The number of nitrogens with two attached hydrogens (primary N) is 1. The molecule has 0 heterocycles. The third kappa shape index (κ3) is 2.85. The number of hydrogen-bond acceptors (Lipinski definition) is 2.